The Hall–Kier alpha value is -0.940. The van der Waals surface area contributed by atoms with Crippen LogP contribution in [0.15, 0.2) is 4.99 Å². The van der Waals surface area contributed by atoms with Crippen molar-refractivity contribution in [2.24, 2.45) is 10.9 Å². The van der Waals surface area contributed by atoms with E-state index < -0.39 is 5.54 Å². The molecule has 18 heavy (non-hydrogen) atoms. The number of nitrogens with zero attached hydrogens (tertiary/aromatic N) is 1. The number of nitrogens with one attached hydrogen (secondary N) is 2. The van der Waals surface area contributed by atoms with Gasteiger partial charge < -0.3 is 15.7 Å². The summed E-state index contributed by atoms with van der Waals surface area (Å²) >= 11 is 0. The summed E-state index contributed by atoms with van der Waals surface area (Å²) in [5, 5.41) is 15.8. The fourth-order valence-corrected chi connectivity index (χ4v) is 3.26. The second-order valence-corrected chi connectivity index (χ2v) is 5.74. The minimum atomic E-state index is -0.489. The van der Waals surface area contributed by atoms with Gasteiger partial charge in [0.1, 0.15) is 11.4 Å². The van der Waals surface area contributed by atoms with Crippen molar-refractivity contribution >= 4 is 11.7 Å². The van der Waals surface area contributed by atoms with E-state index in [9.17, 15) is 9.90 Å². The first-order valence-electron chi connectivity index (χ1n) is 7.00. The molecule has 3 aliphatic rings. The third-order valence-electron chi connectivity index (χ3n) is 4.51. The van der Waals surface area contributed by atoms with Crippen LogP contribution in [0, 0.1) is 5.92 Å². The minimum absolute atomic E-state index is 0.0881. The van der Waals surface area contributed by atoms with E-state index in [1.165, 1.54) is 0 Å². The molecule has 1 spiro atoms. The highest BCUT2D eigenvalue weighted by atomic mass is 16.3. The number of amidine groups is 1. The van der Waals surface area contributed by atoms with E-state index in [4.69, 9.17) is 4.99 Å². The van der Waals surface area contributed by atoms with E-state index in [-0.39, 0.29) is 12.0 Å². The number of hydrogen-bond donors (Lipinski definition) is 3. The highest BCUT2D eigenvalue weighted by Crippen LogP contribution is 2.32. The van der Waals surface area contributed by atoms with Crippen LogP contribution in [0.25, 0.3) is 0 Å². The molecule has 0 unspecified atom stereocenters. The van der Waals surface area contributed by atoms with Gasteiger partial charge in [0.2, 0.25) is 0 Å². The molecule has 1 aliphatic carbocycles. The lowest BCUT2D eigenvalue weighted by Crippen LogP contribution is -2.47. The predicted molar refractivity (Wildman–Crippen MR) is 68.4 cm³/mol. The van der Waals surface area contributed by atoms with Gasteiger partial charge in [-0.3, -0.25) is 9.79 Å². The number of aliphatic imine (C=N–C) groups is 1. The van der Waals surface area contributed by atoms with Crippen LogP contribution in [-0.4, -0.2) is 41.6 Å². The van der Waals surface area contributed by atoms with Gasteiger partial charge in [0.05, 0.1) is 6.10 Å². The molecule has 0 bridgehead atoms. The van der Waals surface area contributed by atoms with Crippen LogP contribution in [-0.2, 0) is 4.79 Å². The molecule has 2 heterocycles. The quantitative estimate of drug-likeness (QED) is 0.623. The Morgan fingerprint density at radius 3 is 2.50 bits per heavy atom. The van der Waals surface area contributed by atoms with E-state index in [0.717, 1.165) is 57.5 Å². The topological polar surface area (TPSA) is 73.7 Å². The van der Waals surface area contributed by atoms with Crippen LogP contribution >= 0.6 is 0 Å². The Kier molecular flexibility index (Phi) is 3.11. The molecule has 5 nitrogen and oxygen atoms in total. The van der Waals surface area contributed by atoms with E-state index in [1.54, 1.807) is 0 Å². The van der Waals surface area contributed by atoms with Gasteiger partial charge in [-0.2, -0.15) is 0 Å². The first-order chi connectivity index (χ1) is 8.70. The zero-order chi connectivity index (χ0) is 12.6. The van der Waals surface area contributed by atoms with E-state index >= 15 is 0 Å². The first-order valence-corrected chi connectivity index (χ1v) is 7.00. The lowest BCUT2D eigenvalue weighted by molar-refractivity contribution is -0.124. The number of carbonyl (C=O) groups excluding carboxylic acids is 1. The van der Waals surface area contributed by atoms with Crippen molar-refractivity contribution in [3.8, 4) is 0 Å². The van der Waals surface area contributed by atoms with Gasteiger partial charge in [-0.1, -0.05) is 0 Å². The van der Waals surface area contributed by atoms with Crippen LogP contribution in [0.3, 0.4) is 0 Å². The number of aliphatic hydroxyl groups is 1. The molecule has 5 heteroatoms. The summed E-state index contributed by atoms with van der Waals surface area (Å²) in [6.07, 6.45) is 4.98. The van der Waals surface area contributed by atoms with E-state index in [0.29, 0.717) is 5.92 Å². The van der Waals surface area contributed by atoms with Crippen molar-refractivity contribution in [1.82, 2.24) is 10.6 Å². The predicted octanol–water partition coefficient (Wildman–Crippen LogP) is 0.188. The summed E-state index contributed by atoms with van der Waals surface area (Å²) in [5.74, 6) is 1.31. The molecular weight excluding hydrogens is 230 g/mol. The summed E-state index contributed by atoms with van der Waals surface area (Å²) in [5.41, 5.74) is -0.489. The zero-order valence-corrected chi connectivity index (χ0v) is 10.6. The Morgan fingerprint density at radius 1 is 1.17 bits per heavy atom. The largest absolute Gasteiger partial charge is 0.393 e. The fourth-order valence-electron chi connectivity index (χ4n) is 3.26. The highest BCUT2D eigenvalue weighted by molar-refractivity contribution is 6.09. The van der Waals surface area contributed by atoms with Gasteiger partial charge in [0, 0.05) is 5.92 Å². The van der Waals surface area contributed by atoms with Gasteiger partial charge in [0.25, 0.3) is 5.91 Å². The molecule has 3 rings (SSSR count). The minimum Gasteiger partial charge on any atom is -0.393 e. The molecular formula is C13H21N3O2. The summed E-state index contributed by atoms with van der Waals surface area (Å²) in [6, 6.07) is 0. The molecule has 1 amide bonds. The van der Waals surface area contributed by atoms with Crippen LogP contribution < -0.4 is 10.6 Å². The zero-order valence-electron chi connectivity index (χ0n) is 10.6. The normalized spacial score (nSPS) is 35.4. The lowest BCUT2D eigenvalue weighted by atomic mass is 9.86. The number of piperidine rings is 1. The Morgan fingerprint density at radius 2 is 1.83 bits per heavy atom. The van der Waals surface area contributed by atoms with Crippen molar-refractivity contribution < 1.29 is 9.90 Å². The standard InChI is InChI=1S/C13H21N3O2/c17-10-3-1-9(2-4-10)11-15-12(18)13(16-11)5-7-14-8-6-13/h9-10,14,17H,1-8H2,(H,15,16,18)/t9-,10-. The average molecular weight is 251 g/mol. The summed E-state index contributed by atoms with van der Waals surface area (Å²) < 4.78 is 0. The molecule has 0 aromatic heterocycles. The van der Waals surface area contributed by atoms with Crippen molar-refractivity contribution in [2.75, 3.05) is 13.1 Å². The molecule has 2 aliphatic heterocycles. The Balaban J connectivity index is 1.74. The van der Waals surface area contributed by atoms with Gasteiger partial charge in [0.15, 0.2) is 0 Å². The highest BCUT2D eigenvalue weighted by Gasteiger charge is 2.45. The molecule has 3 N–H and O–H groups in total. The number of carbonyl (C=O) groups is 1. The number of rotatable bonds is 1. The van der Waals surface area contributed by atoms with Crippen LogP contribution in [0.5, 0.6) is 0 Å². The molecule has 0 radical (unpaired) electrons. The fraction of sp³-hybridized carbons (Fsp3) is 0.846. The van der Waals surface area contributed by atoms with Crippen molar-refractivity contribution in [1.29, 1.82) is 0 Å². The molecule has 0 aromatic rings. The van der Waals surface area contributed by atoms with Crippen LogP contribution in [0.2, 0.25) is 0 Å². The van der Waals surface area contributed by atoms with Gasteiger partial charge in [-0.15, -0.1) is 0 Å². The van der Waals surface area contributed by atoms with Crippen molar-refractivity contribution in [3.05, 3.63) is 0 Å². The van der Waals surface area contributed by atoms with Crippen LogP contribution in [0.4, 0.5) is 0 Å². The average Bonchev–Trinajstić information content (AvgIpc) is 2.69. The van der Waals surface area contributed by atoms with Crippen LogP contribution in [0.1, 0.15) is 38.5 Å². The molecule has 1 saturated carbocycles. The Labute approximate surface area is 107 Å². The maximum absolute atomic E-state index is 12.2. The van der Waals surface area contributed by atoms with E-state index in [1.807, 2.05) is 0 Å². The lowest BCUT2D eigenvalue weighted by Gasteiger charge is -2.28. The van der Waals surface area contributed by atoms with Gasteiger partial charge in [-0.05, 0) is 51.6 Å². The maximum atomic E-state index is 12.2. The number of aliphatic hydroxyl groups excluding tert-OH is 1. The number of hydrogen-bond acceptors (Lipinski definition) is 4. The maximum Gasteiger partial charge on any atom is 0.253 e. The molecule has 100 valence electrons. The van der Waals surface area contributed by atoms with E-state index in [2.05, 4.69) is 10.6 Å². The van der Waals surface area contributed by atoms with Gasteiger partial charge in [-0.25, -0.2) is 0 Å². The smallest absolute Gasteiger partial charge is 0.253 e. The molecule has 0 aromatic carbocycles. The third kappa shape index (κ3) is 2.06. The molecule has 2 fully saturated rings. The number of amides is 1. The first kappa shape index (κ1) is 12.1. The van der Waals surface area contributed by atoms with Crippen molar-refractivity contribution in [2.45, 2.75) is 50.2 Å². The summed E-state index contributed by atoms with van der Waals surface area (Å²) in [4.78, 5) is 16.9. The second-order valence-electron chi connectivity index (χ2n) is 5.74. The molecule has 1 saturated heterocycles. The second kappa shape index (κ2) is 4.63. The summed E-state index contributed by atoms with van der Waals surface area (Å²) in [7, 11) is 0. The third-order valence-corrected chi connectivity index (χ3v) is 4.51. The summed E-state index contributed by atoms with van der Waals surface area (Å²) in [6.45, 7) is 1.74. The van der Waals surface area contributed by atoms with Gasteiger partial charge >= 0.3 is 0 Å². The monoisotopic (exact) mass is 251 g/mol. The SMILES string of the molecule is O=C1NC([C@H]2CC[C@H](O)CC2)=NC12CCNCC2. The van der Waals surface area contributed by atoms with Crippen molar-refractivity contribution in [3.63, 3.8) is 0 Å². The molecule has 0 atom stereocenters. The Bertz CT molecular complexity index is 366.